The molecule has 0 radical (unpaired) electrons. The molecule has 122 valence electrons. The molecule has 0 bridgehead atoms. The normalized spacial score (nSPS) is 12.7. The minimum Gasteiger partial charge on any atom is -0.433 e. The number of fused-ring (bicyclic) bond motifs is 1. The predicted octanol–water partition coefficient (Wildman–Crippen LogP) is 4.42. The number of alkyl halides is 3. The van der Waals surface area contributed by atoms with Gasteiger partial charge in [0.05, 0.1) is 0 Å². The van der Waals surface area contributed by atoms with Crippen molar-refractivity contribution in [3.05, 3.63) is 34.2 Å². The van der Waals surface area contributed by atoms with Gasteiger partial charge in [0, 0.05) is 20.7 Å². The number of imide groups is 1. The third-order valence-corrected chi connectivity index (χ3v) is 4.43. The van der Waals surface area contributed by atoms with E-state index in [9.17, 15) is 14.4 Å². The smallest absolute Gasteiger partial charge is 0.415 e. The first-order valence-electron chi connectivity index (χ1n) is 5.93. The van der Waals surface area contributed by atoms with Crippen LogP contribution in [-0.4, -0.2) is 22.1 Å². The first-order chi connectivity index (χ1) is 10.7. The second-order valence-corrected chi connectivity index (χ2v) is 7.87. The van der Waals surface area contributed by atoms with Gasteiger partial charge in [0.1, 0.15) is 0 Å². The first kappa shape index (κ1) is 18.3. The highest BCUT2D eigenvalue weighted by Crippen LogP contribution is 2.33. The molecule has 0 aliphatic rings. The summed E-state index contributed by atoms with van der Waals surface area (Å²) in [6.07, 6.45) is -2.02. The number of alkyl carbamates (subject to hydrolysis) is 1. The average Bonchev–Trinajstić information content (AvgIpc) is 2.86. The van der Waals surface area contributed by atoms with Crippen LogP contribution in [0.4, 0.5) is 4.79 Å². The largest absolute Gasteiger partial charge is 0.433 e. The van der Waals surface area contributed by atoms with E-state index in [1.165, 1.54) is 11.3 Å². The Kier molecular flexibility index (Phi) is 5.75. The molecule has 0 aliphatic heterocycles. The summed E-state index contributed by atoms with van der Waals surface area (Å²) < 4.78 is 3.44. The van der Waals surface area contributed by atoms with Crippen molar-refractivity contribution in [1.29, 1.82) is 0 Å². The lowest BCUT2D eigenvalue weighted by Crippen LogP contribution is -2.39. The molecule has 2 aromatic rings. The van der Waals surface area contributed by atoms with Crippen molar-refractivity contribution in [2.45, 2.75) is 9.90 Å². The third kappa shape index (κ3) is 4.49. The Morgan fingerprint density at radius 1 is 1.30 bits per heavy atom. The molecule has 1 aromatic carbocycles. The Labute approximate surface area is 154 Å². The van der Waals surface area contributed by atoms with Crippen LogP contribution in [0.5, 0.6) is 0 Å². The first-order valence-corrected chi connectivity index (χ1v) is 8.32. The summed E-state index contributed by atoms with van der Waals surface area (Å²) >= 11 is 23.2. The number of rotatable bonds is 3. The molecule has 1 atom stereocenters. The van der Waals surface area contributed by atoms with Gasteiger partial charge in [0.15, 0.2) is 12.4 Å². The number of ether oxygens (including phenoxy) is 1. The van der Waals surface area contributed by atoms with Crippen LogP contribution in [0.2, 0.25) is 5.02 Å². The van der Waals surface area contributed by atoms with Crippen LogP contribution in [0.3, 0.4) is 0 Å². The van der Waals surface area contributed by atoms with Gasteiger partial charge in [-0.2, -0.15) is 0 Å². The Hall–Kier alpha value is -1.05. The number of hydrogen-bond acceptors (Lipinski definition) is 5. The van der Waals surface area contributed by atoms with Crippen molar-refractivity contribution in [3.8, 4) is 0 Å². The number of thiophene rings is 1. The van der Waals surface area contributed by atoms with Gasteiger partial charge < -0.3 is 4.74 Å². The minimum absolute atomic E-state index is 0.418. The number of halogens is 4. The van der Waals surface area contributed by atoms with Gasteiger partial charge in [-0.25, -0.2) is 4.79 Å². The van der Waals surface area contributed by atoms with Crippen LogP contribution in [0.15, 0.2) is 23.6 Å². The molecular formula is C13H7Cl4NO4S. The number of carbonyl (C=O) groups excluding carboxylic acids is 3. The quantitative estimate of drug-likeness (QED) is 0.596. The number of aldehydes is 1. The fourth-order valence-corrected chi connectivity index (χ4v) is 2.99. The van der Waals surface area contributed by atoms with E-state index in [4.69, 9.17) is 51.1 Å². The van der Waals surface area contributed by atoms with Crippen molar-refractivity contribution in [2.24, 2.45) is 0 Å². The van der Waals surface area contributed by atoms with E-state index in [2.05, 4.69) is 0 Å². The van der Waals surface area contributed by atoms with E-state index in [1.807, 2.05) is 0 Å². The Bertz CT molecular complexity index is 771. The lowest BCUT2D eigenvalue weighted by Gasteiger charge is -2.14. The van der Waals surface area contributed by atoms with Gasteiger partial charge >= 0.3 is 6.09 Å². The monoisotopic (exact) mass is 413 g/mol. The molecule has 0 spiro atoms. The highest BCUT2D eigenvalue weighted by molar-refractivity contribution is 7.17. The highest BCUT2D eigenvalue weighted by Gasteiger charge is 2.33. The maximum atomic E-state index is 11.7. The SMILES string of the molecule is O=CC(OC(=O)NC(=O)C(Cl)(Cl)Cl)c1csc2ccc(Cl)cc12. The van der Waals surface area contributed by atoms with E-state index in [0.717, 1.165) is 4.70 Å². The second-order valence-electron chi connectivity index (χ2n) is 4.25. The molecule has 0 fully saturated rings. The van der Waals surface area contributed by atoms with Crippen LogP contribution < -0.4 is 5.32 Å². The van der Waals surface area contributed by atoms with Crippen molar-refractivity contribution in [2.75, 3.05) is 0 Å². The standard InChI is InChI=1S/C13H7Cl4NO4S/c14-6-1-2-10-7(3-6)8(5-23-10)9(4-19)22-12(21)18-11(20)13(15,16)17/h1-5,9H,(H,18,20,21). The summed E-state index contributed by atoms with van der Waals surface area (Å²) in [7, 11) is 0. The molecule has 0 saturated heterocycles. The lowest BCUT2D eigenvalue weighted by atomic mass is 10.1. The van der Waals surface area contributed by atoms with Gasteiger partial charge in [0.2, 0.25) is 0 Å². The Morgan fingerprint density at radius 2 is 2.00 bits per heavy atom. The van der Waals surface area contributed by atoms with Crippen molar-refractivity contribution in [1.82, 2.24) is 5.32 Å². The van der Waals surface area contributed by atoms with Crippen molar-refractivity contribution < 1.29 is 19.1 Å². The van der Waals surface area contributed by atoms with Crippen LogP contribution in [0, 0.1) is 0 Å². The van der Waals surface area contributed by atoms with Crippen molar-refractivity contribution >= 4 is 86.1 Å². The fraction of sp³-hybridized carbons (Fsp3) is 0.154. The summed E-state index contributed by atoms with van der Waals surface area (Å²) in [6.45, 7) is 0. The molecule has 10 heteroatoms. The second kappa shape index (κ2) is 7.23. The molecule has 1 unspecified atom stereocenters. The molecule has 2 rings (SSSR count). The van der Waals surface area contributed by atoms with Gasteiger partial charge in [-0.1, -0.05) is 46.4 Å². The van der Waals surface area contributed by atoms with E-state index >= 15 is 0 Å². The summed E-state index contributed by atoms with van der Waals surface area (Å²) in [5.41, 5.74) is 0.444. The van der Waals surface area contributed by atoms with E-state index in [1.54, 1.807) is 28.9 Å². The van der Waals surface area contributed by atoms with Crippen LogP contribution in [0.25, 0.3) is 10.1 Å². The van der Waals surface area contributed by atoms with Gasteiger partial charge in [-0.05, 0) is 23.6 Å². The highest BCUT2D eigenvalue weighted by atomic mass is 35.6. The number of hydrogen-bond donors (Lipinski definition) is 1. The lowest BCUT2D eigenvalue weighted by molar-refractivity contribution is -0.121. The molecule has 2 amide bonds. The van der Waals surface area contributed by atoms with Gasteiger partial charge in [-0.3, -0.25) is 14.9 Å². The van der Waals surface area contributed by atoms with Gasteiger partial charge in [0.25, 0.3) is 9.70 Å². The van der Waals surface area contributed by atoms with Crippen LogP contribution in [-0.2, 0) is 14.3 Å². The molecule has 5 nitrogen and oxygen atoms in total. The molecule has 1 N–H and O–H groups in total. The van der Waals surface area contributed by atoms with E-state index < -0.39 is 21.9 Å². The maximum Gasteiger partial charge on any atom is 0.415 e. The van der Waals surface area contributed by atoms with Crippen molar-refractivity contribution in [3.63, 3.8) is 0 Å². The molecule has 0 aliphatic carbocycles. The zero-order chi connectivity index (χ0) is 17.2. The Balaban J connectivity index is 2.19. The fourth-order valence-electron chi connectivity index (χ4n) is 1.71. The summed E-state index contributed by atoms with van der Waals surface area (Å²) in [4.78, 5) is 34.3. The number of benzene rings is 1. The molecule has 23 heavy (non-hydrogen) atoms. The summed E-state index contributed by atoms with van der Waals surface area (Å²) in [5.74, 6) is -1.18. The Morgan fingerprint density at radius 3 is 2.61 bits per heavy atom. The molecule has 1 heterocycles. The zero-order valence-corrected chi connectivity index (χ0v) is 14.9. The van der Waals surface area contributed by atoms with E-state index in [0.29, 0.717) is 22.3 Å². The number of nitrogens with one attached hydrogen (secondary N) is 1. The number of amides is 2. The van der Waals surface area contributed by atoms with E-state index in [-0.39, 0.29) is 0 Å². The number of carbonyl (C=O) groups is 3. The average molecular weight is 415 g/mol. The molecular weight excluding hydrogens is 408 g/mol. The third-order valence-electron chi connectivity index (χ3n) is 2.70. The zero-order valence-electron chi connectivity index (χ0n) is 11.0. The molecule has 1 aromatic heterocycles. The summed E-state index contributed by atoms with van der Waals surface area (Å²) in [5, 5.41) is 4.52. The predicted molar refractivity (Wildman–Crippen MR) is 90.6 cm³/mol. The van der Waals surface area contributed by atoms with Gasteiger partial charge in [-0.15, -0.1) is 11.3 Å². The summed E-state index contributed by atoms with van der Waals surface area (Å²) in [6, 6.07) is 5.13. The topological polar surface area (TPSA) is 72.5 Å². The molecule has 0 saturated carbocycles. The van der Waals surface area contributed by atoms with Crippen LogP contribution in [0.1, 0.15) is 11.7 Å². The van der Waals surface area contributed by atoms with Crippen LogP contribution >= 0.6 is 57.7 Å². The minimum atomic E-state index is -2.32. The maximum absolute atomic E-state index is 11.7.